The number of hydrogen-bond donors (Lipinski definition) is 2. The van der Waals surface area contributed by atoms with E-state index in [1.54, 1.807) is 6.92 Å². The van der Waals surface area contributed by atoms with Gasteiger partial charge in [0.1, 0.15) is 11.8 Å². The molecule has 182 valence electrons. The quantitative estimate of drug-likeness (QED) is 0.526. The van der Waals surface area contributed by atoms with Gasteiger partial charge in [0.2, 0.25) is 5.95 Å². The standard InChI is InChI=1S/C22H23ClF2N4O4S/c1-8(2)11-6-29(21(24)25)19(31)14-9(3)17(34-18(11)14)15-12(23)5-26-22(28-15)27-13-4-10-7-32-20(33-10)16(13)30/h5-6,8,10,13,16,20-21,30H,4,7H2,1-3H3,(H,26,27,28)/t10-,13+,16-,20+/m0/s1. The van der Waals surface area contributed by atoms with Gasteiger partial charge in [-0.2, -0.15) is 8.78 Å². The summed E-state index contributed by atoms with van der Waals surface area (Å²) in [4.78, 5) is 22.3. The van der Waals surface area contributed by atoms with Gasteiger partial charge in [-0.3, -0.25) is 9.36 Å². The van der Waals surface area contributed by atoms with Crippen LogP contribution in [-0.4, -0.2) is 50.8 Å². The molecule has 2 saturated heterocycles. The number of anilines is 1. The summed E-state index contributed by atoms with van der Waals surface area (Å²) >= 11 is 7.74. The number of hydrogen-bond acceptors (Lipinski definition) is 8. The summed E-state index contributed by atoms with van der Waals surface area (Å²) in [5, 5.41) is 14.1. The van der Waals surface area contributed by atoms with Gasteiger partial charge in [0.15, 0.2) is 6.29 Å². The number of pyridine rings is 1. The molecule has 12 heteroatoms. The SMILES string of the molecule is Cc1c(-c2nc(N[C@@H]3C[C@H]4CO[C@H](O4)[C@H]3O)ncc2Cl)sc2c(C(C)C)cn(C(F)F)c(=O)c12. The Morgan fingerprint density at radius 2 is 2.15 bits per heavy atom. The van der Waals surface area contributed by atoms with E-state index < -0.39 is 24.5 Å². The Balaban J connectivity index is 1.59. The predicted molar refractivity (Wildman–Crippen MR) is 125 cm³/mol. The van der Waals surface area contributed by atoms with Gasteiger partial charge in [-0.05, 0) is 30.4 Å². The van der Waals surface area contributed by atoms with Crippen LogP contribution in [0.1, 0.15) is 43.9 Å². The van der Waals surface area contributed by atoms with E-state index in [9.17, 15) is 18.7 Å². The van der Waals surface area contributed by atoms with Crippen molar-refractivity contribution in [2.24, 2.45) is 0 Å². The topological polar surface area (TPSA) is 98.5 Å². The average Bonchev–Trinajstić information content (AvgIpc) is 3.35. The lowest BCUT2D eigenvalue weighted by molar-refractivity contribution is -0.156. The molecule has 3 aromatic heterocycles. The van der Waals surface area contributed by atoms with Crippen LogP contribution in [0.4, 0.5) is 14.7 Å². The predicted octanol–water partition coefficient (Wildman–Crippen LogP) is 4.29. The van der Waals surface area contributed by atoms with Crippen molar-refractivity contribution in [3.8, 4) is 10.6 Å². The summed E-state index contributed by atoms with van der Waals surface area (Å²) < 4.78 is 39.2. The van der Waals surface area contributed by atoms with E-state index in [1.807, 2.05) is 13.8 Å². The first-order chi connectivity index (χ1) is 16.2. The van der Waals surface area contributed by atoms with Crippen LogP contribution < -0.4 is 10.9 Å². The fraction of sp³-hybridized carbons (Fsp3) is 0.500. The van der Waals surface area contributed by atoms with E-state index in [0.717, 1.165) is 0 Å². The van der Waals surface area contributed by atoms with Gasteiger partial charge in [-0.25, -0.2) is 9.97 Å². The van der Waals surface area contributed by atoms with Crippen LogP contribution in [-0.2, 0) is 9.47 Å². The molecular weight excluding hydrogens is 490 g/mol. The molecule has 0 aliphatic carbocycles. The van der Waals surface area contributed by atoms with E-state index >= 15 is 0 Å². The summed E-state index contributed by atoms with van der Waals surface area (Å²) in [5.74, 6) is 0.167. The second-order valence-electron chi connectivity index (χ2n) is 8.82. The van der Waals surface area contributed by atoms with Gasteiger partial charge in [0.05, 0.1) is 40.2 Å². The van der Waals surface area contributed by atoms with E-state index in [4.69, 9.17) is 21.1 Å². The summed E-state index contributed by atoms with van der Waals surface area (Å²) in [5.41, 5.74) is 0.819. The number of aliphatic hydroxyl groups is 1. The molecule has 2 bridgehead atoms. The fourth-order valence-corrected chi connectivity index (χ4v) is 6.15. The third-order valence-corrected chi connectivity index (χ3v) is 7.85. The minimum Gasteiger partial charge on any atom is -0.386 e. The molecule has 0 saturated carbocycles. The number of aliphatic hydroxyl groups excluding tert-OH is 1. The van der Waals surface area contributed by atoms with Crippen LogP contribution >= 0.6 is 22.9 Å². The molecule has 0 spiro atoms. The smallest absolute Gasteiger partial charge is 0.321 e. The normalized spacial score (nSPS) is 24.5. The number of nitrogens with one attached hydrogen (secondary N) is 1. The molecule has 2 fully saturated rings. The Bertz CT molecular complexity index is 1310. The molecule has 0 aromatic carbocycles. The molecule has 0 amide bonds. The van der Waals surface area contributed by atoms with E-state index in [1.165, 1.54) is 23.7 Å². The number of aryl methyl sites for hydroxylation is 1. The maximum absolute atomic E-state index is 13.6. The lowest BCUT2D eigenvalue weighted by atomic mass is 10.0. The molecule has 2 aliphatic heterocycles. The summed E-state index contributed by atoms with van der Waals surface area (Å²) in [7, 11) is 0. The molecule has 3 aromatic rings. The van der Waals surface area contributed by atoms with Crippen molar-refractivity contribution in [3.05, 3.63) is 38.9 Å². The zero-order valence-corrected chi connectivity index (χ0v) is 20.2. The summed E-state index contributed by atoms with van der Waals surface area (Å²) in [6.45, 7) is 2.96. The number of fused-ring (bicyclic) bond motifs is 3. The first-order valence-corrected chi connectivity index (χ1v) is 12.1. The van der Waals surface area contributed by atoms with Gasteiger partial charge in [0.25, 0.3) is 5.56 Å². The molecule has 34 heavy (non-hydrogen) atoms. The van der Waals surface area contributed by atoms with Crippen LogP contribution in [0.3, 0.4) is 0 Å². The van der Waals surface area contributed by atoms with Crippen molar-refractivity contribution in [2.75, 3.05) is 11.9 Å². The van der Waals surface area contributed by atoms with Crippen molar-refractivity contribution in [1.82, 2.24) is 14.5 Å². The number of aromatic nitrogens is 3. The molecule has 5 heterocycles. The zero-order chi connectivity index (χ0) is 24.3. The largest absolute Gasteiger partial charge is 0.386 e. The van der Waals surface area contributed by atoms with Crippen molar-refractivity contribution in [1.29, 1.82) is 0 Å². The van der Waals surface area contributed by atoms with E-state index in [0.29, 0.717) is 44.0 Å². The van der Waals surface area contributed by atoms with Crippen LogP contribution in [0, 0.1) is 6.92 Å². The lowest BCUT2D eigenvalue weighted by Crippen LogP contribution is -2.48. The Morgan fingerprint density at radius 3 is 2.85 bits per heavy atom. The van der Waals surface area contributed by atoms with Crippen LogP contribution in [0.15, 0.2) is 17.2 Å². The molecule has 0 radical (unpaired) electrons. The maximum atomic E-state index is 13.6. The third-order valence-electron chi connectivity index (χ3n) is 6.22. The molecular formula is C22H23ClF2N4O4S. The number of nitrogens with zero attached hydrogens (tertiary/aromatic N) is 3. The highest BCUT2D eigenvalue weighted by Gasteiger charge is 2.43. The second kappa shape index (κ2) is 8.80. The van der Waals surface area contributed by atoms with Crippen LogP contribution in [0.25, 0.3) is 20.7 Å². The summed E-state index contributed by atoms with van der Waals surface area (Å²) in [6, 6.07) is -0.380. The number of alkyl halides is 2. The molecule has 2 N–H and O–H groups in total. The van der Waals surface area contributed by atoms with Gasteiger partial charge < -0.3 is 19.9 Å². The van der Waals surface area contributed by atoms with Crippen LogP contribution in [0.5, 0.6) is 0 Å². The molecule has 0 unspecified atom stereocenters. The van der Waals surface area contributed by atoms with Crippen molar-refractivity contribution < 1.29 is 23.4 Å². The Kier molecular flexibility index (Phi) is 6.09. The zero-order valence-electron chi connectivity index (χ0n) is 18.6. The average molecular weight is 513 g/mol. The summed E-state index contributed by atoms with van der Waals surface area (Å²) in [6.07, 6.45) is 1.48. The van der Waals surface area contributed by atoms with Crippen molar-refractivity contribution in [2.45, 2.75) is 64.2 Å². The number of rotatable bonds is 5. The van der Waals surface area contributed by atoms with Gasteiger partial charge >= 0.3 is 6.55 Å². The monoisotopic (exact) mass is 512 g/mol. The lowest BCUT2D eigenvalue weighted by Gasteiger charge is -2.32. The molecule has 5 rings (SSSR count). The second-order valence-corrected chi connectivity index (χ2v) is 10.2. The Morgan fingerprint density at radius 1 is 1.38 bits per heavy atom. The highest BCUT2D eigenvalue weighted by molar-refractivity contribution is 7.22. The van der Waals surface area contributed by atoms with Gasteiger partial charge in [-0.15, -0.1) is 11.3 Å². The van der Waals surface area contributed by atoms with Gasteiger partial charge in [-0.1, -0.05) is 25.4 Å². The van der Waals surface area contributed by atoms with Gasteiger partial charge in [0, 0.05) is 10.9 Å². The minimum atomic E-state index is -2.94. The highest BCUT2D eigenvalue weighted by atomic mass is 35.5. The Hall–Kier alpha value is -2.18. The maximum Gasteiger partial charge on any atom is 0.321 e. The first kappa shape index (κ1) is 23.6. The minimum absolute atomic E-state index is 0.0790. The van der Waals surface area contributed by atoms with Crippen molar-refractivity contribution >= 4 is 39.0 Å². The molecule has 4 atom stereocenters. The fourth-order valence-electron chi connectivity index (χ4n) is 4.44. The van der Waals surface area contributed by atoms with E-state index in [2.05, 4.69) is 15.3 Å². The third kappa shape index (κ3) is 3.89. The van der Waals surface area contributed by atoms with Crippen molar-refractivity contribution in [3.63, 3.8) is 0 Å². The number of halogens is 3. The molecule has 2 aliphatic rings. The highest BCUT2D eigenvalue weighted by Crippen LogP contribution is 2.42. The van der Waals surface area contributed by atoms with Crippen LogP contribution in [0.2, 0.25) is 5.02 Å². The van der Waals surface area contributed by atoms with E-state index in [-0.39, 0.29) is 34.4 Å². The number of ether oxygens (including phenoxy) is 2. The Labute approximate surface area is 202 Å². The first-order valence-electron chi connectivity index (χ1n) is 10.9. The number of thiophene rings is 1. The molecule has 8 nitrogen and oxygen atoms in total.